The summed E-state index contributed by atoms with van der Waals surface area (Å²) in [6, 6.07) is 6.39. The first-order valence-electron chi connectivity index (χ1n) is 5.00. The van der Waals surface area contributed by atoms with Crippen LogP contribution in [0, 0.1) is 6.92 Å². The maximum absolute atomic E-state index is 11.7. The summed E-state index contributed by atoms with van der Waals surface area (Å²) < 4.78 is 27.9. The molecule has 0 aliphatic heterocycles. The van der Waals surface area contributed by atoms with Crippen LogP contribution in [0.3, 0.4) is 0 Å². The molecule has 0 amide bonds. The lowest BCUT2D eigenvalue weighted by Gasteiger charge is -2.07. The Morgan fingerprint density at radius 1 is 1.31 bits per heavy atom. The Labute approximate surface area is 95.4 Å². The predicted molar refractivity (Wildman–Crippen MR) is 59.4 cm³/mol. The van der Waals surface area contributed by atoms with E-state index in [2.05, 4.69) is 4.18 Å². The third-order valence-electron chi connectivity index (χ3n) is 2.02. The molecule has 0 radical (unpaired) electrons. The highest BCUT2D eigenvalue weighted by molar-refractivity contribution is 7.87. The van der Waals surface area contributed by atoms with E-state index in [9.17, 15) is 13.2 Å². The molecular weight excluding hydrogens is 228 g/mol. The van der Waals surface area contributed by atoms with Gasteiger partial charge in [0.05, 0.1) is 0 Å². The summed E-state index contributed by atoms with van der Waals surface area (Å²) in [5, 5.41) is 0. The van der Waals surface area contributed by atoms with E-state index in [0.717, 1.165) is 0 Å². The van der Waals surface area contributed by atoms with E-state index in [1.807, 2.05) is 0 Å². The summed E-state index contributed by atoms with van der Waals surface area (Å²) in [6.07, 6.45) is 0.660. The minimum absolute atomic E-state index is 0.0412. The van der Waals surface area contributed by atoms with Crippen molar-refractivity contribution in [3.8, 4) is 0 Å². The second-order valence-electron chi connectivity index (χ2n) is 3.42. The molecule has 0 bridgehead atoms. The molecule has 1 aromatic carbocycles. The number of benzene rings is 1. The van der Waals surface area contributed by atoms with Gasteiger partial charge in [-0.15, -0.1) is 0 Å². The van der Waals surface area contributed by atoms with Crippen LogP contribution in [0.1, 0.15) is 25.3 Å². The largest absolute Gasteiger partial charge is 0.342 e. The number of hydrogen-bond acceptors (Lipinski definition) is 4. The zero-order valence-corrected chi connectivity index (χ0v) is 10.1. The molecule has 0 atom stereocenters. The fourth-order valence-corrected chi connectivity index (χ4v) is 2.38. The van der Waals surface area contributed by atoms with E-state index in [4.69, 9.17) is 0 Å². The maximum Gasteiger partial charge on any atom is 0.341 e. The average Bonchev–Trinajstić information content (AvgIpc) is 2.17. The Balaban J connectivity index is 2.95. The minimum Gasteiger partial charge on any atom is -0.342 e. The third-order valence-corrected chi connectivity index (χ3v) is 3.42. The van der Waals surface area contributed by atoms with Gasteiger partial charge in [-0.1, -0.05) is 25.1 Å². The molecule has 0 saturated heterocycles. The van der Waals surface area contributed by atoms with Gasteiger partial charge in [-0.05, 0) is 25.0 Å². The van der Waals surface area contributed by atoms with E-state index >= 15 is 0 Å². The van der Waals surface area contributed by atoms with Crippen LogP contribution in [0.4, 0.5) is 0 Å². The summed E-state index contributed by atoms with van der Waals surface area (Å²) >= 11 is 0. The van der Waals surface area contributed by atoms with Gasteiger partial charge in [0.2, 0.25) is 0 Å². The number of carbonyl (C=O) groups excluding carboxylic acids is 1. The van der Waals surface area contributed by atoms with E-state index in [0.29, 0.717) is 12.0 Å². The maximum atomic E-state index is 11.7. The molecule has 0 N–H and O–H groups in total. The van der Waals surface area contributed by atoms with Crippen molar-refractivity contribution in [2.24, 2.45) is 0 Å². The standard InChI is InChI=1S/C11H14O4S/c1-3-6-11(12)15-16(13,14)10-8-5-4-7-9(10)2/h4-5,7-8H,3,6H2,1-2H3. The molecule has 0 unspecified atom stereocenters. The Hall–Kier alpha value is -1.36. The molecule has 1 rings (SSSR count). The van der Waals surface area contributed by atoms with Crippen LogP contribution in [0.25, 0.3) is 0 Å². The Kier molecular flexibility index (Phi) is 4.06. The molecule has 0 spiro atoms. The van der Waals surface area contributed by atoms with Crippen LogP contribution in [0.5, 0.6) is 0 Å². The van der Waals surface area contributed by atoms with E-state index < -0.39 is 16.1 Å². The van der Waals surface area contributed by atoms with E-state index in [1.165, 1.54) is 6.07 Å². The molecule has 0 fully saturated rings. The molecule has 1 aromatic rings. The normalized spacial score (nSPS) is 11.1. The van der Waals surface area contributed by atoms with Gasteiger partial charge in [-0.2, -0.15) is 8.42 Å². The van der Waals surface area contributed by atoms with Crippen molar-refractivity contribution in [2.45, 2.75) is 31.6 Å². The van der Waals surface area contributed by atoms with Gasteiger partial charge in [0.15, 0.2) is 0 Å². The topological polar surface area (TPSA) is 60.4 Å². The van der Waals surface area contributed by atoms with Crippen LogP contribution >= 0.6 is 0 Å². The molecule has 0 aliphatic rings. The number of hydrogen-bond donors (Lipinski definition) is 0. The average molecular weight is 242 g/mol. The van der Waals surface area contributed by atoms with Crippen LogP contribution in [-0.2, 0) is 19.1 Å². The summed E-state index contributed by atoms with van der Waals surface area (Å²) in [6.45, 7) is 3.43. The first-order valence-corrected chi connectivity index (χ1v) is 6.41. The third kappa shape index (κ3) is 3.06. The van der Waals surface area contributed by atoms with Crippen molar-refractivity contribution in [3.63, 3.8) is 0 Å². The smallest absolute Gasteiger partial charge is 0.341 e. The SMILES string of the molecule is CCCC(=O)OS(=O)(=O)c1ccccc1C. The van der Waals surface area contributed by atoms with Crippen LogP contribution in [0.2, 0.25) is 0 Å². The lowest BCUT2D eigenvalue weighted by atomic mass is 10.2. The van der Waals surface area contributed by atoms with Crippen LogP contribution in [-0.4, -0.2) is 14.4 Å². The summed E-state index contributed by atoms with van der Waals surface area (Å²) in [4.78, 5) is 11.2. The first-order chi connectivity index (χ1) is 7.47. The second kappa shape index (κ2) is 5.12. The van der Waals surface area contributed by atoms with E-state index in [-0.39, 0.29) is 11.3 Å². The van der Waals surface area contributed by atoms with Crippen molar-refractivity contribution >= 4 is 16.1 Å². The van der Waals surface area contributed by atoms with Crippen molar-refractivity contribution in [3.05, 3.63) is 29.8 Å². The van der Waals surface area contributed by atoms with Gasteiger partial charge in [-0.25, -0.2) is 0 Å². The van der Waals surface area contributed by atoms with Crippen molar-refractivity contribution in [1.82, 2.24) is 0 Å². The lowest BCUT2D eigenvalue weighted by Crippen LogP contribution is -2.13. The fourth-order valence-electron chi connectivity index (χ4n) is 1.25. The van der Waals surface area contributed by atoms with Gasteiger partial charge in [0.1, 0.15) is 4.90 Å². The Morgan fingerprint density at radius 3 is 2.50 bits per heavy atom. The number of carbonyl (C=O) groups is 1. The zero-order chi connectivity index (χ0) is 12.2. The summed E-state index contributed by atoms with van der Waals surface area (Å²) in [5.41, 5.74) is 0.562. The predicted octanol–water partition coefficient (Wildman–Crippen LogP) is 2.03. The quantitative estimate of drug-likeness (QED) is 0.758. The summed E-state index contributed by atoms with van der Waals surface area (Å²) in [7, 11) is -3.96. The monoisotopic (exact) mass is 242 g/mol. The molecule has 16 heavy (non-hydrogen) atoms. The minimum atomic E-state index is -3.96. The van der Waals surface area contributed by atoms with E-state index in [1.54, 1.807) is 32.0 Å². The highest BCUT2D eigenvalue weighted by Crippen LogP contribution is 2.17. The second-order valence-corrected chi connectivity index (χ2v) is 4.94. The van der Waals surface area contributed by atoms with Crippen LogP contribution in [0.15, 0.2) is 29.2 Å². The van der Waals surface area contributed by atoms with Crippen molar-refractivity contribution in [1.29, 1.82) is 0 Å². The van der Waals surface area contributed by atoms with Crippen molar-refractivity contribution < 1.29 is 17.4 Å². The fraction of sp³-hybridized carbons (Fsp3) is 0.364. The molecule has 88 valence electrons. The molecule has 0 saturated carbocycles. The number of aryl methyl sites for hydroxylation is 1. The Bertz CT molecular complexity index is 477. The molecule has 5 heteroatoms. The van der Waals surface area contributed by atoms with Crippen LogP contribution < -0.4 is 0 Å². The molecular formula is C11H14O4S. The van der Waals surface area contributed by atoms with Gasteiger partial charge in [0, 0.05) is 6.42 Å². The first kappa shape index (κ1) is 12.7. The molecule has 0 aromatic heterocycles. The Morgan fingerprint density at radius 2 is 1.94 bits per heavy atom. The molecule has 0 aliphatic carbocycles. The highest BCUT2D eigenvalue weighted by atomic mass is 32.2. The summed E-state index contributed by atoms with van der Waals surface area (Å²) in [5.74, 6) is -0.717. The van der Waals surface area contributed by atoms with Gasteiger partial charge >= 0.3 is 16.1 Å². The van der Waals surface area contributed by atoms with Crippen molar-refractivity contribution in [2.75, 3.05) is 0 Å². The van der Waals surface area contributed by atoms with Gasteiger partial charge < -0.3 is 4.18 Å². The number of rotatable bonds is 4. The molecule has 4 nitrogen and oxygen atoms in total. The molecule has 0 heterocycles. The zero-order valence-electron chi connectivity index (χ0n) is 9.26. The lowest BCUT2D eigenvalue weighted by molar-refractivity contribution is -0.133. The highest BCUT2D eigenvalue weighted by Gasteiger charge is 2.21. The van der Waals surface area contributed by atoms with Gasteiger partial charge in [-0.3, -0.25) is 4.79 Å². The van der Waals surface area contributed by atoms with Gasteiger partial charge in [0.25, 0.3) is 0 Å².